The van der Waals surface area contributed by atoms with Gasteiger partial charge in [-0.15, -0.1) is 0 Å². The number of carboxylic acid groups (broad SMARTS) is 1. The van der Waals surface area contributed by atoms with Gasteiger partial charge in [0.05, 0.1) is 26.2 Å². The monoisotopic (exact) mass is 1350 g/mol. The van der Waals surface area contributed by atoms with Gasteiger partial charge in [-0.25, -0.2) is 15.0 Å². The van der Waals surface area contributed by atoms with Gasteiger partial charge in [0.1, 0.15) is 67.0 Å². The zero-order chi connectivity index (χ0) is 72.3. The number of primary amides is 2. The van der Waals surface area contributed by atoms with Crippen molar-refractivity contribution in [3.8, 4) is 11.1 Å². The number of hydrogen-bond donors (Lipinski definition) is 18. The van der Waals surface area contributed by atoms with Crippen molar-refractivity contribution in [3.05, 3.63) is 59.7 Å². The Bertz CT molecular complexity index is 3080. The Morgan fingerprint density at radius 2 is 0.917 bits per heavy atom. The topological polar surface area (TPSA) is 534 Å². The Balaban J connectivity index is 1.72. The van der Waals surface area contributed by atoms with Crippen LogP contribution in [0.25, 0.3) is 11.1 Å². The number of rotatable bonds is 38. The van der Waals surface area contributed by atoms with Crippen LogP contribution < -0.4 is 80.8 Å². The van der Waals surface area contributed by atoms with Crippen molar-refractivity contribution in [2.24, 2.45) is 35.1 Å². The lowest BCUT2D eigenvalue weighted by Gasteiger charge is -2.30. The van der Waals surface area contributed by atoms with E-state index in [1.807, 2.05) is 54.0 Å². The SMILES string of the molecule is CC[C@H](C)[C@H](NC(=O)[C@H](CC(C)C)NC(=O)[C@H](CO)NC(=O)[C@H](CCC(=O)O)NC(=O)[C@H](CC(C)C)NC(=O)[C@H](C)NC(=O)[C@H](C)NC(=O)OCC1c2ccccc2-c2ccccc21)C(=O)N[C@@H](CC(N)=O)C(=O)N[C@H](C(=O)N[C@@H](CO)C(=O)NCC(=O)NNC(N)=O)C(C)C. The predicted octanol–water partition coefficient (Wildman–Crippen LogP) is -3.37. The van der Waals surface area contributed by atoms with Crippen LogP contribution in [0, 0.1) is 23.7 Å². The smallest absolute Gasteiger partial charge is 0.407 e. The van der Waals surface area contributed by atoms with Crippen LogP contribution in [0.4, 0.5) is 9.59 Å². The minimum Gasteiger partial charge on any atom is -0.481 e. The number of nitrogens with two attached hydrogens (primary N) is 2. The average molecular weight is 1350 g/mol. The fraction of sp³-hybridized carbons (Fsp3) is 0.565. The van der Waals surface area contributed by atoms with Gasteiger partial charge < -0.3 is 90.0 Å². The molecule has 2 aromatic rings. The minimum atomic E-state index is -1.86. The molecule has 530 valence electrons. The molecule has 96 heavy (non-hydrogen) atoms. The number of urea groups is 1. The second-order valence-corrected chi connectivity index (χ2v) is 24.4. The summed E-state index contributed by atoms with van der Waals surface area (Å²) >= 11 is 0. The van der Waals surface area contributed by atoms with E-state index in [-0.39, 0.29) is 43.6 Å². The molecule has 2 aromatic carbocycles. The molecule has 0 aliphatic heterocycles. The maximum Gasteiger partial charge on any atom is 0.407 e. The summed E-state index contributed by atoms with van der Waals surface area (Å²) in [5, 5.41) is 56.3. The number of alkyl carbamates (subject to hydrolysis) is 1. The molecule has 3 rings (SSSR count). The van der Waals surface area contributed by atoms with Gasteiger partial charge in [0.15, 0.2) is 0 Å². The fourth-order valence-corrected chi connectivity index (χ4v) is 9.87. The number of nitrogens with one attached hydrogen (secondary N) is 13. The zero-order valence-electron chi connectivity index (χ0n) is 55.4. The number of aliphatic hydroxyl groups is 2. The predicted molar refractivity (Wildman–Crippen MR) is 343 cm³/mol. The van der Waals surface area contributed by atoms with E-state index in [4.69, 9.17) is 16.2 Å². The molecule has 0 radical (unpaired) electrons. The van der Waals surface area contributed by atoms with Crippen LogP contribution in [-0.4, -0.2) is 191 Å². The molecule has 34 nitrogen and oxygen atoms in total. The number of hydrazine groups is 1. The van der Waals surface area contributed by atoms with Crippen LogP contribution in [0.3, 0.4) is 0 Å². The van der Waals surface area contributed by atoms with Gasteiger partial charge in [-0.3, -0.25) is 67.8 Å². The third-order valence-corrected chi connectivity index (χ3v) is 15.2. The van der Waals surface area contributed by atoms with Crippen molar-refractivity contribution in [2.45, 2.75) is 174 Å². The number of carbonyl (C=O) groups excluding carboxylic acids is 14. The lowest BCUT2D eigenvalue weighted by atomic mass is 9.96. The fourth-order valence-electron chi connectivity index (χ4n) is 9.87. The maximum atomic E-state index is 14.2. The van der Waals surface area contributed by atoms with E-state index in [9.17, 15) is 87.2 Å². The Labute approximate surface area is 554 Å². The highest BCUT2D eigenvalue weighted by atomic mass is 16.5. The first-order chi connectivity index (χ1) is 45.1. The summed E-state index contributed by atoms with van der Waals surface area (Å²) < 4.78 is 5.55. The van der Waals surface area contributed by atoms with Gasteiger partial charge >= 0.3 is 18.1 Å². The number of carboxylic acids is 1. The van der Waals surface area contributed by atoms with Crippen LogP contribution in [-0.2, 0) is 67.1 Å². The van der Waals surface area contributed by atoms with Gasteiger partial charge in [0, 0.05) is 12.3 Å². The number of hydrogen-bond acceptors (Lipinski definition) is 18. The molecule has 0 fully saturated rings. The van der Waals surface area contributed by atoms with Crippen LogP contribution in [0.5, 0.6) is 0 Å². The Hall–Kier alpha value is -9.99. The summed E-state index contributed by atoms with van der Waals surface area (Å²) in [6, 6.07) is -1.14. The molecule has 0 spiro atoms. The molecule has 15 amide bonds. The summed E-state index contributed by atoms with van der Waals surface area (Å²) in [6.45, 7) is 12.8. The molecule has 34 heteroatoms. The lowest BCUT2D eigenvalue weighted by molar-refractivity contribution is -0.139. The number of fused-ring (bicyclic) bond motifs is 3. The molecule has 0 unspecified atom stereocenters. The molecule has 1 aliphatic carbocycles. The highest BCUT2D eigenvalue weighted by Gasteiger charge is 2.38. The van der Waals surface area contributed by atoms with Crippen LogP contribution in [0.15, 0.2) is 48.5 Å². The minimum absolute atomic E-state index is 0.0282. The number of aliphatic carboxylic acids is 1. The summed E-state index contributed by atoms with van der Waals surface area (Å²) in [5.41, 5.74) is 18.0. The van der Waals surface area contributed by atoms with Crippen LogP contribution in [0.1, 0.15) is 125 Å². The van der Waals surface area contributed by atoms with Gasteiger partial charge in [-0.05, 0) is 79.0 Å². The highest BCUT2D eigenvalue weighted by Crippen LogP contribution is 2.44. The first-order valence-electron chi connectivity index (χ1n) is 31.3. The van der Waals surface area contributed by atoms with Crippen molar-refractivity contribution in [1.29, 1.82) is 0 Å². The molecule has 0 saturated heterocycles. The molecule has 0 heterocycles. The highest BCUT2D eigenvalue weighted by molar-refractivity contribution is 6.00. The van der Waals surface area contributed by atoms with Crippen molar-refractivity contribution in [2.75, 3.05) is 26.4 Å². The summed E-state index contributed by atoms with van der Waals surface area (Å²) in [5.74, 6) is -16.0. The van der Waals surface area contributed by atoms with Gasteiger partial charge in [0.2, 0.25) is 65.0 Å². The maximum absolute atomic E-state index is 14.2. The molecular weight excluding hydrogens is 1260 g/mol. The molecule has 0 aromatic heterocycles. The first-order valence-corrected chi connectivity index (χ1v) is 31.3. The Morgan fingerprint density at radius 3 is 1.43 bits per heavy atom. The van der Waals surface area contributed by atoms with E-state index in [0.29, 0.717) is 0 Å². The second-order valence-electron chi connectivity index (χ2n) is 24.4. The number of carbonyl (C=O) groups is 15. The summed E-state index contributed by atoms with van der Waals surface area (Å²) in [4.78, 5) is 197. The van der Waals surface area contributed by atoms with Crippen LogP contribution in [0.2, 0.25) is 0 Å². The number of aliphatic hydroxyl groups excluding tert-OH is 2. The van der Waals surface area contributed by atoms with Crippen molar-refractivity contribution in [1.82, 2.24) is 69.3 Å². The largest absolute Gasteiger partial charge is 0.481 e. The molecular formula is C62H93N15O19. The standard InChI is InChI=1S/C62H93N15O19/c1-11-32(8)50(60(93)71-43(24-46(63)80)57(90)74-49(31(6)7)59(92)73-44(26-78)53(86)65-25-47(81)76-77-61(64)94)75-56(89)42(23-30(4)5)70-58(91)45(27-79)72-54(87)40(20-21-48(82)83)68-55(88)41(22-29(2)3)69-52(85)33(9)66-51(84)34(10)67-62(95)96-28-39-37-18-14-12-16-35(37)36-17-13-15-19-38(36)39/h12-19,29-34,39-45,49-50,78-79H,11,20-28H2,1-10H3,(H2,63,80)(H,65,86)(H,66,84)(H,67,95)(H,68,88)(H,69,85)(H,70,91)(H,71,93)(H,72,87)(H,73,92)(H,74,90)(H,75,89)(H,76,81)(H,82,83)(H3,64,77,94)/t32-,33-,34-,40-,41-,42-,43-,44-,45-,49-,50-/m0/s1. The van der Waals surface area contributed by atoms with Crippen molar-refractivity contribution < 1.29 is 92.0 Å². The molecule has 20 N–H and O–H groups in total. The van der Waals surface area contributed by atoms with E-state index < -0.39 is 200 Å². The molecule has 0 saturated carbocycles. The van der Waals surface area contributed by atoms with Gasteiger partial charge in [-0.1, -0.05) is 110 Å². The first kappa shape index (κ1) is 80.2. The number of ether oxygens (including phenoxy) is 1. The third kappa shape index (κ3) is 25.7. The van der Waals surface area contributed by atoms with E-state index in [2.05, 4.69) is 58.5 Å². The quantitative estimate of drug-likeness (QED) is 0.0292. The van der Waals surface area contributed by atoms with Gasteiger partial charge in [0.25, 0.3) is 5.91 Å². The Kier molecular flexibility index (Phi) is 32.6. The molecule has 0 bridgehead atoms. The lowest BCUT2D eigenvalue weighted by Crippen LogP contribution is -2.62. The Morgan fingerprint density at radius 1 is 0.490 bits per heavy atom. The van der Waals surface area contributed by atoms with Gasteiger partial charge in [-0.2, -0.15) is 0 Å². The molecule has 11 atom stereocenters. The van der Waals surface area contributed by atoms with Crippen molar-refractivity contribution in [3.63, 3.8) is 0 Å². The normalized spacial score (nSPS) is 15.0. The average Bonchev–Trinajstić information content (AvgIpc) is 1.61. The van der Waals surface area contributed by atoms with Crippen molar-refractivity contribution >= 4 is 89.0 Å². The van der Waals surface area contributed by atoms with E-state index in [1.54, 1.807) is 47.0 Å². The number of benzene rings is 2. The van der Waals surface area contributed by atoms with E-state index in [1.165, 1.54) is 27.7 Å². The van der Waals surface area contributed by atoms with Crippen LogP contribution >= 0.6 is 0 Å². The molecule has 1 aliphatic rings. The number of amides is 15. The summed E-state index contributed by atoms with van der Waals surface area (Å²) in [7, 11) is 0. The summed E-state index contributed by atoms with van der Waals surface area (Å²) in [6.07, 6.45) is -2.96. The van der Waals surface area contributed by atoms with E-state index >= 15 is 0 Å². The van der Waals surface area contributed by atoms with E-state index in [0.717, 1.165) is 22.3 Å². The second kappa shape index (κ2) is 39.0. The zero-order valence-corrected chi connectivity index (χ0v) is 55.4. The third-order valence-electron chi connectivity index (χ3n) is 15.2.